The predicted octanol–water partition coefficient (Wildman–Crippen LogP) is 3.42. The van der Waals surface area contributed by atoms with Gasteiger partial charge in [0.25, 0.3) is 0 Å². The monoisotopic (exact) mass is 314 g/mol. The first-order valence-corrected chi connectivity index (χ1v) is 9.07. The summed E-state index contributed by atoms with van der Waals surface area (Å²) in [5.74, 6) is 1.05. The van der Waals surface area contributed by atoms with E-state index in [1.807, 2.05) is 0 Å². The highest BCUT2D eigenvalue weighted by atomic mass is 15.3. The number of hydrogen-bond donors (Lipinski definition) is 1. The van der Waals surface area contributed by atoms with Gasteiger partial charge in [-0.05, 0) is 58.2 Å². The van der Waals surface area contributed by atoms with Gasteiger partial charge in [0, 0.05) is 30.9 Å². The average Bonchev–Trinajstić information content (AvgIpc) is 3.44. The average molecular weight is 314 g/mol. The zero-order chi connectivity index (χ0) is 16.1. The standard InChI is InChI=1S/C19H30N4/c1-16(22(2)18-11-12-18)15-20-19(23-13-7-4-8-14-23)21-17-9-5-3-6-10-17/h3,5-6,9-10,16,18H,4,7-8,11-15H2,1-2H3,(H,20,21). The van der Waals surface area contributed by atoms with Gasteiger partial charge in [-0.15, -0.1) is 0 Å². The number of benzene rings is 1. The largest absolute Gasteiger partial charge is 0.343 e. The van der Waals surface area contributed by atoms with Crippen LogP contribution in [0, 0.1) is 0 Å². The van der Waals surface area contributed by atoms with E-state index in [1.165, 1.54) is 32.1 Å². The maximum absolute atomic E-state index is 4.96. The Morgan fingerprint density at radius 3 is 2.57 bits per heavy atom. The first-order valence-electron chi connectivity index (χ1n) is 9.07. The lowest BCUT2D eigenvalue weighted by atomic mass is 10.1. The zero-order valence-corrected chi connectivity index (χ0v) is 14.5. The highest BCUT2D eigenvalue weighted by Gasteiger charge is 2.29. The Hall–Kier alpha value is -1.55. The lowest BCUT2D eigenvalue weighted by molar-refractivity contribution is 0.252. The minimum Gasteiger partial charge on any atom is -0.343 e. The van der Waals surface area contributed by atoms with Crippen molar-refractivity contribution >= 4 is 11.6 Å². The first kappa shape index (κ1) is 16.3. The van der Waals surface area contributed by atoms with Crippen molar-refractivity contribution in [1.29, 1.82) is 0 Å². The van der Waals surface area contributed by atoms with Crippen molar-refractivity contribution < 1.29 is 0 Å². The zero-order valence-electron chi connectivity index (χ0n) is 14.5. The molecule has 1 aliphatic carbocycles. The first-order chi connectivity index (χ1) is 11.2. The molecule has 4 heteroatoms. The molecule has 2 fully saturated rings. The molecule has 1 saturated carbocycles. The van der Waals surface area contributed by atoms with Gasteiger partial charge < -0.3 is 10.2 Å². The fourth-order valence-electron chi connectivity index (χ4n) is 3.16. The molecule has 4 nitrogen and oxygen atoms in total. The van der Waals surface area contributed by atoms with E-state index in [1.54, 1.807) is 0 Å². The van der Waals surface area contributed by atoms with E-state index in [0.717, 1.165) is 37.3 Å². The molecular weight excluding hydrogens is 284 g/mol. The number of piperidine rings is 1. The maximum Gasteiger partial charge on any atom is 0.198 e. The third kappa shape index (κ3) is 4.71. The number of nitrogens with one attached hydrogen (secondary N) is 1. The number of aliphatic imine (C=N–C) groups is 1. The summed E-state index contributed by atoms with van der Waals surface area (Å²) < 4.78 is 0. The lowest BCUT2D eigenvalue weighted by Crippen LogP contribution is -2.41. The summed E-state index contributed by atoms with van der Waals surface area (Å²) in [4.78, 5) is 9.87. The molecule has 0 radical (unpaired) electrons. The van der Waals surface area contributed by atoms with Gasteiger partial charge >= 0.3 is 0 Å². The molecular formula is C19H30N4. The number of rotatable bonds is 5. The highest BCUT2D eigenvalue weighted by Crippen LogP contribution is 2.27. The van der Waals surface area contributed by atoms with E-state index in [0.29, 0.717) is 6.04 Å². The van der Waals surface area contributed by atoms with Gasteiger partial charge in [-0.25, -0.2) is 0 Å². The summed E-state index contributed by atoms with van der Waals surface area (Å²) in [6.45, 7) is 5.38. The summed E-state index contributed by atoms with van der Waals surface area (Å²) in [5.41, 5.74) is 1.13. The summed E-state index contributed by atoms with van der Waals surface area (Å²) in [6.07, 6.45) is 6.59. The minimum absolute atomic E-state index is 0.500. The Labute approximate surface area is 140 Å². The Kier molecular flexibility index (Phi) is 5.55. The molecule has 1 atom stereocenters. The van der Waals surface area contributed by atoms with E-state index >= 15 is 0 Å². The van der Waals surface area contributed by atoms with Gasteiger partial charge in [0.1, 0.15) is 0 Å². The number of nitrogens with zero attached hydrogens (tertiary/aromatic N) is 3. The molecule has 1 unspecified atom stereocenters. The normalized spacial score (nSPS) is 20.7. The number of likely N-dealkylation sites (N-methyl/N-ethyl adjacent to an activating group) is 1. The molecule has 126 valence electrons. The lowest BCUT2D eigenvalue weighted by Gasteiger charge is -2.31. The smallest absolute Gasteiger partial charge is 0.198 e. The molecule has 3 rings (SSSR count). The third-order valence-corrected chi connectivity index (χ3v) is 5.01. The van der Waals surface area contributed by atoms with Gasteiger partial charge in [0.15, 0.2) is 5.96 Å². The van der Waals surface area contributed by atoms with Crippen LogP contribution in [0.5, 0.6) is 0 Å². The number of para-hydroxylation sites is 1. The molecule has 0 amide bonds. The molecule has 1 heterocycles. The molecule has 1 aromatic rings. The molecule has 1 N–H and O–H groups in total. The molecule has 2 aliphatic rings. The summed E-state index contributed by atoms with van der Waals surface area (Å²) in [5, 5.41) is 3.55. The van der Waals surface area contributed by atoms with Gasteiger partial charge in [-0.2, -0.15) is 0 Å². The number of guanidine groups is 1. The van der Waals surface area contributed by atoms with Crippen molar-refractivity contribution in [2.45, 2.75) is 51.1 Å². The summed E-state index contributed by atoms with van der Waals surface area (Å²) in [7, 11) is 2.24. The number of hydrogen-bond acceptors (Lipinski definition) is 2. The second-order valence-corrected chi connectivity index (χ2v) is 6.95. The Bertz CT molecular complexity index is 503. The van der Waals surface area contributed by atoms with Crippen molar-refractivity contribution in [2.75, 3.05) is 32.0 Å². The van der Waals surface area contributed by atoms with Crippen LogP contribution in [0.2, 0.25) is 0 Å². The second-order valence-electron chi connectivity index (χ2n) is 6.95. The van der Waals surface area contributed by atoms with Crippen molar-refractivity contribution in [1.82, 2.24) is 9.80 Å². The molecule has 0 bridgehead atoms. The van der Waals surface area contributed by atoms with E-state index in [2.05, 4.69) is 59.4 Å². The second kappa shape index (κ2) is 7.82. The van der Waals surface area contributed by atoms with Crippen molar-refractivity contribution in [2.24, 2.45) is 4.99 Å². The molecule has 23 heavy (non-hydrogen) atoms. The van der Waals surface area contributed by atoms with Crippen LogP contribution in [0.4, 0.5) is 5.69 Å². The van der Waals surface area contributed by atoms with Gasteiger partial charge in [0.2, 0.25) is 0 Å². The van der Waals surface area contributed by atoms with E-state index in [4.69, 9.17) is 4.99 Å². The van der Waals surface area contributed by atoms with E-state index < -0.39 is 0 Å². The SMILES string of the molecule is CC(CN=C(Nc1ccccc1)N1CCCCC1)N(C)C1CC1. The van der Waals surface area contributed by atoms with Crippen molar-refractivity contribution in [3.8, 4) is 0 Å². The summed E-state index contributed by atoms with van der Waals surface area (Å²) in [6, 6.07) is 11.7. The molecule has 1 saturated heterocycles. The van der Waals surface area contributed by atoms with E-state index in [9.17, 15) is 0 Å². The maximum atomic E-state index is 4.96. The fourth-order valence-corrected chi connectivity index (χ4v) is 3.16. The topological polar surface area (TPSA) is 30.9 Å². The van der Waals surface area contributed by atoms with Gasteiger partial charge in [-0.1, -0.05) is 18.2 Å². The molecule has 1 aliphatic heterocycles. The minimum atomic E-state index is 0.500. The van der Waals surface area contributed by atoms with Crippen LogP contribution in [0.25, 0.3) is 0 Å². The Balaban J connectivity index is 1.66. The summed E-state index contributed by atoms with van der Waals surface area (Å²) >= 11 is 0. The Morgan fingerprint density at radius 1 is 1.22 bits per heavy atom. The third-order valence-electron chi connectivity index (χ3n) is 5.01. The fraction of sp³-hybridized carbons (Fsp3) is 0.632. The van der Waals surface area contributed by atoms with Crippen LogP contribution >= 0.6 is 0 Å². The molecule has 0 spiro atoms. The van der Waals surface area contributed by atoms with Crippen LogP contribution < -0.4 is 5.32 Å². The predicted molar refractivity (Wildman–Crippen MR) is 98.0 cm³/mol. The molecule has 1 aromatic carbocycles. The van der Waals surface area contributed by atoms with Crippen LogP contribution in [0.1, 0.15) is 39.0 Å². The number of anilines is 1. The van der Waals surface area contributed by atoms with Crippen LogP contribution in [-0.2, 0) is 0 Å². The van der Waals surface area contributed by atoms with E-state index in [-0.39, 0.29) is 0 Å². The highest BCUT2D eigenvalue weighted by molar-refractivity contribution is 5.93. The molecule has 0 aromatic heterocycles. The van der Waals surface area contributed by atoms with Crippen LogP contribution in [0.3, 0.4) is 0 Å². The van der Waals surface area contributed by atoms with Gasteiger partial charge in [-0.3, -0.25) is 9.89 Å². The van der Waals surface area contributed by atoms with Gasteiger partial charge in [0.05, 0.1) is 6.54 Å². The quantitative estimate of drug-likeness (QED) is 0.667. The van der Waals surface area contributed by atoms with Crippen LogP contribution in [0.15, 0.2) is 35.3 Å². The Morgan fingerprint density at radius 2 is 1.91 bits per heavy atom. The van der Waals surface area contributed by atoms with Crippen molar-refractivity contribution in [3.63, 3.8) is 0 Å². The number of likely N-dealkylation sites (tertiary alicyclic amines) is 1. The van der Waals surface area contributed by atoms with Crippen molar-refractivity contribution in [3.05, 3.63) is 30.3 Å². The van der Waals surface area contributed by atoms with Crippen LogP contribution in [-0.4, -0.2) is 54.5 Å².